The van der Waals surface area contributed by atoms with E-state index in [-0.39, 0.29) is 11.5 Å². The number of carbonyl (C=O) groups is 2. The van der Waals surface area contributed by atoms with Crippen LogP contribution < -0.4 is 0 Å². The molecule has 1 aromatic heterocycles. The Morgan fingerprint density at radius 2 is 1.94 bits per heavy atom. The van der Waals surface area contributed by atoms with Gasteiger partial charge in [-0.25, -0.2) is 14.2 Å². The molecule has 6 heteroatoms. The highest BCUT2D eigenvalue weighted by atomic mass is 32.1. The lowest BCUT2D eigenvalue weighted by atomic mass is 10.2. The van der Waals surface area contributed by atoms with Crippen molar-refractivity contribution in [3.8, 4) is 10.6 Å². The Hall–Kier alpha value is -2.08. The molecule has 1 aromatic carbocycles. The quantitative estimate of drug-likeness (QED) is 0.485. The van der Waals surface area contributed by atoms with Gasteiger partial charge in [-0.3, -0.25) is 4.79 Å². The van der Waals surface area contributed by atoms with Crippen LogP contribution in [0.25, 0.3) is 10.6 Å². The summed E-state index contributed by atoms with van der Waals surface area (Å²) in [6, 6.07) is 5.72. The minimum atomic E-state index is -0.953. The predicted octanol–water partition coefficient (Wildman–Crippen LogP) is 2.30. The van der Waals surface area contributed by atoms with Crippen LogP contribution in [-0.2, 0) is 9.53 Å². The highest BCUT2D eigenvalue weighted by molar-refractivity contribution is 7.13. The molecule has 0 aliphatic carbocycles. The Balaban J connectivity index is 2.28. The van der Waals surface area contributed by atoms with Crippen molar-refractivity contribution < 1.29 is 18.7 Å². The fourth-order valence-electron chi connectivity index (χ4n) is 1.30. The second-order valence-electron chi connectivity index (χ2n) is 3.37. The van der Waals surface area contributed by atoms with E-state index in [1.807, 2.05) is 0 Å². The van der Waals surface area contributed by atoms with Crippen molar-refractivity contribution in [3.05, 3.63) is 41.2 Å². The van der Waals surface area contributed by atoms with Crippen LogP contribution in [0.3, 0.4) is 0 Å². The maximum atomic E-state index is 12.8. The molecule has 2 rings (SSSR count). The van der Waals surface area contributed by atoms with E-state index in [1.54, 1.807) is 12.1 Å². The Kier molecular flexibility index (Phi) is 3.47. The molecular weight excluding hydrogens is 257 g/mol. The first kappa shape index (κ1) is 12.4. The van der Waals surface area contributed by atoms with Gasteiger partial charge in [0.1, 0.15) is 16.5 Å². The van der Waals surface area contributed by atoms with Crippen molar-refractivity contribution in [1.82, 2.24) is 4.98 Å². The van der Waals surface area contributed by atoms with E-state index in [9.17, 15) is 14.0 Å². The average molecular weight is 265 g/mol. The van der Waals surface area contributed by atoms with Crippen LogP contribution in [0.1, 0.15) is 10.5 Å². The smallest absolute Gasteiger partial charge is 0.381 e. The Morgan fingerprint density at radius 3 is 2.56 bits per heavy atom. The van der Waals surface area contributed by atoms with Crippen molar-refractivity contribution in [2.45, 2.75) is 0 Å². The fourth-order valence-corrected chi connectivity index (χ4v) is 2.11. The number of nitrogens with zero attached hydrogens (tertiary/aromatic N) is 1. The third kappa shape index (κ3) is 2.43. The summed E-state index contributed by atoms with van der Waals surface area (Å²) in [6.45, 7) is 0. The minimum absolute atomic E-state index is 0.0335. The summed E-state index contributed by atoms with van der Waals surface area (Å²) in [5, 5.41) is 2.01. The molecule has 2 aromatic rings. The summed E-state index contributed by atoms with van der Waals surface area (Å²) in [7, 11) is 1.13. The maximum Gasteiger partial charge on any atom is 0.381 e. The average Bonchev–Trinajstić information content (AvgIpc) is 2.87. The molecule has 0 spiro atoms. The lowest BCUT2D eigenvalue weighted by molar-refractivity contribution is -0.135. The summed E-state index contributed by atoms with van der Waals surface area (Å²) in [5.41, 5.74) is 0.719. The zero-order valence-corrected chi connectivity index (χ0v) is 10.2. The summed E-state index contributed by atoms with van der Waals surface area (Å²) in [4.78, 5) is 26.6. The molecule has 0 saturated carbocycles. The van der Waals surface area contributed by atoms with Gasteiger partial charge < -0.3 is 4.74 Å². The molecular formula is C12H8FNO3S. The van der Waals surface area contributed by atoms with Crippen LogP contribution in [-0.4, -0.2) is 23.8 Å². The highest BCUT2D eigenvalue weighted by Gasteiger charge is 2.20. The summed E-state index contributed by atoms with van der Waals surface area (Å²) in [6.07, 6.45) is 0. The number of ketones is 1. The molecule has 1 heterocycles. The summed E-state index contributed by atoms with van der Waals surface area (Å²) >= 11 is 1.20. The number of methoxy groups -OCH3 is 1. The highest BCUT2D eigenvalue weighted by Crippen LogP contribution is 2.24. The normalized spacial score (nSPS) is 10.1. The standard InChI is InChI=1S/C12H8FNO3S/c1-17-12(16)10(15)9-6-18-11(14-9)7-2-4-8(13)5-3-7/h2-6H,1H3. The zero-order chi connectivity index (χ0) is 13.1. The van der Waals surface area contributed by atoms with E-state index in [0.717, 1.165) is 7.11 Å². The molecule has 0 bridgehead atoms. The van der Waals surface area contributed by atoms with Gasteiger partial charge in [0.05, 0.1) is 7.11 Å². The van der Waals surface area contributed by atoms with E-state index in [1.165, 1.54) is 28.8 Å². The molecule has 0 atom stereocenters. The topological polar surface area (TPSA) is 56.3 Å². The maximum absolute atomic E-state index is 12.8. The number of thiazole rings is 1. The fraction of sp³-hybridized carbons (Fsp3) is 0.0833. The first-order valence-electron chi connectivity index (χ1n) is 4.96. The molecule has 0 saturated heterocycles. The van der Waals surface area contributed by atoms with Crippen LogP contribution in [0.2, 0.25) is 0 Å². The van der Waals surface area contributed by atoms with Crippen molar-refractivity contribution >= 4 is 23.1 Å². The molecule has 92 valence electrons. The zero-order valence-electron chi connectivity index (χ0n) is 9.34. The molecule has 0 unspecified atom stereocenters. The first-order chi connectivity index (χ1) is 8.61. The molecule has 4 nitrogen and oxygen atoms in total. The van der Waals surface area contributed by atoms with Crippen LogP contribution in [0.5, 0.6) is 0 Å². The van der Waals surface area contributed by atoms with Gasteiger partial charge >= 0.3 is 5.97 Å². The monoisotopic (exact) mass is 265 g/mol. The second kappa shape index (κ2) is 5.05. The minimum Gasteiger partial charge on any atom is -0.463 e. The molecule has 0 aliphatic heterocycles. The van der Waals surface area contributed by atoms with Gasteiger partial charge in [-0.05, 0) is 24.3 Å². The third-order valence-electron chi connectivity index (χ3n) is 2.20. The number of ether oxygens (including phenoxy) is 1. The molecule has 0 aliphatic rings. The number of benzene rings is 1. The van der Waals surface area contributed by atoms with Gasteiger partial charge in [-0.1, -0.05) is 0 Å². The number of Topliss-reactive ketones (excluding diaryl/α,β-unsaturated/α-hetero) is 1. The van der Waals surface area contributed by atoms with E-state index >= 15 is 0 Å². The van der Waals surface area contributed by atoms with Crippen LogP contribution in [0.15, 0.2) is 29.6 Å². The number of rotatable bonds is 3. The van der Waals surface area contributed by atoms with E-state index in [4.69, 9.17) is 0 Å². The molecule has 18 heavy (non-hydrogen) atoms. The number of hydrogen-bond acceptors (Lipinski definition) is 5. The summed E-state index contributed by atoms with van der Waals surface area (Å²) in [5.74, 6) is -2.09. The number of aromatic nitrogens is 1. The Labute approximate surface area is 106 Å². The molecule has 0 N–H and O–H groups in total. The van der Waals surface area contributed by atoms with E-state index < -0.39 is 11.8 Å². The van der Waals surface area contributed by atoms with Gasteiger partial charge in [0.25, 0.3) is 5.78 Å². The van der Waals surface area contributed by atoms with Crippen LogP contribution >= 0.6 is 11.3 Å². The number of carbonyl (C=O) groups excluding carboxylic acids is 2. The van der Waals surface area contributed by atoms with E-state index in [2.05, 4.69) is 9.72 Å². The van der Waals surface area contributed by atoms with Gasteiger partial charge in [-0.15, -0.1) is 11.3 Å². The van der Waals surface area contributed by atoms with Crippen molar-refractivity contribution in [3.63, 3.8) is 0 Å². The predicted molar refractivity (Wildman–Crippen MR) is 63.9 cm³/mol. The van der Waals surface area contributed by atoms with Crippen molar-refractivity contribution in [2.24, 2.45) is 0 Å². The molecule has 0 amide bonds. The van der Waals surface area contributed by atoms with E-state index in [0.29, 0.717) is 10.6 Å². The van der Waals surface area contributed by atoms with Crippen LogP contribution in [0.4, 0.5) is 4.39 Å². The first-order valence-corrected chi connectivity index (χ1v) is 5.84. The lowest BCUT2D eigenvalue weighted by Crippen LogP contribution is -2.15. The van der Waals surface area contributed by atoms with Gasteiger partial charge in [0.2, 0.25) is 0 Å². The SMILES string of the molecule is COC(=O)C(=O)c1csc(-c2ccc(F)cc2)n1. The van der Waals surface area contributed by atoms with Gasteiger partial charge in [0, 0.05) is 10.9 Å². The van der Waals surface area contributed by atoms with Gasteiger partial charge in [-0.2, -0.15) is 0 Å². The molecule has 0 fully saturated rings. The van der Waals surface area contributed by atoms with Crippen molar-refractivity contribution in [2.75, 3.05) is 7.11 Å². The largest absolute Gasteiger partial charge is 0.463 e. The Morgan fingerprint density at radius 1 is 1.28 bits per heavy atom. The summed E-state index contributed by atoms with van der Waals surface area (Å²) < 4.78 is 17.1. The second-order valence-corrected chi connectivity index (χ2v) is 4.22. The number of hydrogen-bond donors (Lipinski definition) is 0. The lowest BCUT2D eigenvalue weighted by Gasteiger charge is -1.95. The number of esters is 1. The molecule has 0 radical (unpaired) electrons. The Bertz CT molecular complexity index is 592. The van der Waals surface area contributed by atoms with Crippen LogP contribution in [0, 0.1) is 5.82 Å². The third-order valence-corrected chi connectivity index (χ3v) is 3.09. The van der Waals surface area contributed by atoms with Crippen molar-refractivity contribution in [1.29, 1.82) is 0 Å². The van der Waals surface area contributed by atoms with Gasteiger partial charge in [0.15, 0.2) is 0 Å². The number of halogens is 1.